The molecule has 1 saturated heterocycles. The van der Waals surface area contributed by atoms with Crippen molar-refractivity contribution in [3.8, 4) is 0 Å². The highest BCUT2D eigenvalue weighted by atomic mass is 32.1. The monoisotopic (exact) mass is 198 g/mol. The maximum atomic E-state index is 9.57. The number of aliphatic hydroxyl groups is 1. The first kappa shape index (κ1) is 9.12. The molecule has 0 aromatic carbocycles. The molecule has 0 amide bonds. The molecular weight excluding hydrogens is 184 g/mol. The maximum absolute atomic E-state index is 9.57. The van der Waals surface area contributed by atoms with Gasteiger partial charge in [-0.2, -0.15) is 0 Å². The molecule has 2 atom stereocenters. The van der Waals surface area contributed by atoms with Crippen LogP contribution in [0.3, 0.4) is 0 Å². The highest BCUT2D eigenvalue weighted by Crippen LogP contribution is 2.19. The minimum atomic E-state index is -0.191. The summed E-state index contributed by atoms with van der Waals surface area (Å²) in [7, 11) is 0. The van der Waals surface area contributed by atoms with E-state index in [-0.39, 0.29) is 6.10 Å². The smallest absolute Gasteiger partial charge is 0.0931 e. The first-order chi connectivity index (χ1) is 6.25. The molecule has 1 aromatic heterocycles. The fourth-order valence-electron chi connectivity index (χ4n) is 1.65. The highest BCUT2D eigenvalue weighted by molar-refractivity contribution is 7.11. The van der Waals surface area contributed by atoms with Crippen molar-refractivity contribution >= 4 is 11.3 Å². The van der Waals surface area contributed by atoms with Gasteiger partial charge in [-0.05, 0) is 6.92 Å². The average Bonchev–Trinajstić information content (AvgIpc) is 2.64. The number of β-amino-alcohol motifs (C(OH)–C–C–N with tert-alkyl or cyclic N) is 1. The lowest BCUT2D eigenvalue weighted by atomic mass is 10.0. The topological polar surface area (TPSA) is 45.2 Å². The Morgan fingerprint density at radius 3 is 3.08 bits per heavy atom. The predicted octanol–water partition coefficient (Wildman–Crippen LogP) is 0.574. The molecule has 1 fully saturated rings. The van der Waals surface area contributed by atoms with Crippen LogP contribution in [0.1, 0.15) is 9.88 Å². The number of nitrogens with zero attached hydrogens (tertiary/aromatic N) is 1. The molecule has 0 radical (unpaired) electrons. The summed E-state index contributed by atoms with van der Waals surface area (Å²) in [5.74, 6) is 0.352. The lowest BCUT2D eigenvalue weighted by Crippen LogP contribution is -2.19. The lowest BCUT2D eigenvalue weighted by Gasteiger charge is -2.10. The Morgan fingerprint density at radius 2 is 2.54 bits per heavy atom. The van der Waals surface area contributed by atoms with Gasteiger partial charge in [0.15, 0.2) is 0 Å². The number of hydrogen-bond acceptors (Lipinski definition) is 4. The molecule has 3 nitrogen and oxygen atoms in total. The molecule has 0 saturated carbocycles. The molecule has 2 heterocycles. The number of hydrogen-bond donors (Lipinski definition) is 2. The summed E-state index contributed by atoms with van der Waals surface area (Å²) in [6.07, 6.45) is 2.62. The van der Waals surface area contributed by atoms with Crippen LogP contribution >= 0.6 is 11.3 Å². The quantitative estimate of drug-likeness (QED) is 0.730. The molecule has 2 N–H and O–H groups in total. The Labute approximate surface area is 81.8 Å². The summed E-state index contributed by atoms with van der Waals surface area (Å²) >= 11 is 1.73. The van der Waals surface area contributed by atoms with Crippen LogP contribution in [0.15, 0.2) is 6.20 Å². The van der Waals surface area contributed by atoms with Crippen LogP contribution in [-0.4, -0.2) is 29.3 Å². The van der Waals surface area contributed by atoms with Crippen LogP contribution in [-0.2, 0) is 6.42 Å². The van der Waals surface area contributed by atoms with Gasteiger partial charge in [0.25, 0.3) is 0 Å². The zero-order valence-corrected chi connectivity index (χ0v) is 8.47. The molecule has 0 spiro atoms. The van der Waals surface area contributed by atoms with Crippen molar-refractivity contribution in [2.24, 2.45) is 5.92 Å². The number of aromatic nitrogens is 1. The second-order valence-electron chi connectivity index (χ2n) is 3.55. The Hall–Kier alpha value is -0.450. The third kappa shape index (κ3) is 2.07. The van der Waals surface area contributed by atoms with E-state index in [4.69, 9.17) is 0 Å². The van der Waals surface area contributed by atoms with Crippen molar-refractivity contribution in [3.05, 3.63) is 16.1 Å². The Bertz CT molecular complexity index is 287. The van der Waals surface area contributed by atoms with E-state index in [1.807, 2.05) is 6.20 Å². The van der Waals surface area contributed by atoms with Gasteiger partial charge in [-0.25, -0.2) is 4.98 Å². The van der Waals surface area contributed by atoms with Crippen molar-refractivity contribution in [1.82, 2.24) is 10.3 Å². The van der Waals surface area contributed by atoms with E-state index in [1.165, 1.54) is 4.88 Å². The maximum Gasteiger partial charge on any atom is 0.0931 e. The minimum absolute atomic E-state index is 0.191. The fraction of sp³-hybridized carbons (Fsp3) is 0.667. The van der Waals surface area contributed by atoms with E-state index in [0.29, 0.717) is 5.92 Å². The molecule has 1 aliphatic rings. The van der Waals surface area contributed by atoms with Crippen LogP contribution in [0.25, 0.3) is 0 Å². The van der Waals surface area contributed by atoms with E-state index in [0.717, 1.165) is 24.5 Å². The van der Waals surface area contributed by atoms with Crippen LogP contribution in [0.2, 0.25) is 0 Å². The summed E-state index contributed by atoms with van der Waals surface area (Å²) < 4.78 is 0. The zero-order chi connectivity index (χ0) is 9.26. The first-order valence-electron chi connectivity index (χ1n) is 4.56. The van der Waals surface area contributed by atoms with Gasteiger partial charge >= 0.3 is 0 Å². The van der Waals surface area contributed by atoms with Gasteiger partial charge in [0.2, 0.25) is 0 Å². The second kappa shape index (κ2) is 3.74. The van der Waals surface area contributed by atoms with Gasteiger partial charge in [0.05, 0.1) is 11.1 Å². The van der Waals surface area contributed by atoms with E-state index in [9.17, 15) is 5.11 Å². The van der Waals surface area contributed by atoms with Crippen LogP contribution in [0.4, 0.5) is 0 Å². The number of rotatable bonds is 2. The van der Waals surface area contributed by atoms with E-state index in [2.05, 4.69) is 17.2 Å². The van der Waals surface area contributed by atoms with Gasteiger partial charge in [-0.15, -0.1) is 11.3 Å². The van der Waals surface area contributed by atoms with Crippen LogP contribution in [0, 0.1) is 12.8 Å². The number of nitrogens with one attached hydrogen (secondary N) is 1. The molecule has 1 aromatic rings. The average molecular weight is 198 g/mol. The van der Waals surface area contributed by atoms with Crippen molar-refractivity contribution < 1.29 is 5.11 Å². The summed E-state index contributed by atoms with van der Waals surface area (Å²) in [6, 6.07) is 0. The molecule has 1 aliphatic heterocycles. The van der Waals surface area contributed by atoms with Gasteiger partial charge in [-0.3, -0.25) is 0 Å². The van der Waals surface area contributed by atoms with Crippen molar-refractivity contribution in [2.75, 3.05) is 13.1 Å². The van der Waals surface area contributed by atoms with Gasteiger partial charge < -0.3 is 10.4 Å². The van der Waals surface area contributed by atoms with Crippen molar-refractivity contribution in [3.63, 3.8) is 0 Å². The third-order valence-corrected chi connectivity index (χ3v) is 3.35. The molecule has 0 aliphatic carbocycles. The molecule has 4 heteroatoms. The van der Waals surface area contributed by atoms with E-state index >= 15 is 0 Å². The van der Waals surface area contributed by atoms with Gasteiger partial charge in [-0.1, -0.05) is 0 Å². The standard InChI is InChI=1S/C9H14N2OS/c1-6-3-11-9(13-6)2-7-4-10-5-8(7)12/h3,7-8,10,12H,2,4-5H2,1H3. The van der Waals surface area contributed by atoms with Gasteiger partial charge in [0, 0.05) is 36.5 Å². The third-order valence-electron chi connectivity index (χ3n) is 2.41. The molecular formula is C9H14N2OS. The number of aryl methyl sites for hydroxylation is 1. The van der Waals surface area contributed by atoms with Crippen LogP contribution in [0.5, 0.6) is 0 Å². The van der Waals surface area contributed by atoms with Crippen LogP contribution < -0.4 is 5.32 Å². The van der Waals surface area contributed by atoms with Gasteiger partial charge in [0.1, 0.15) is 0 Å². The summed E-state index contributed by atoms with van der Waals surface area (Å²) in [4.78, 5) is 5.54. The molecule has 0 bridgehead atoms. The largest absolute Gasteiger partial charge is 0.391 e. The number of thiazole rings is 1. The zero-order valence-electron chi connectivity index (χ0n) is 7.66. The Kier molecular flexibility index (Phi) is 2.62. The van der Waals surface area contributed by atoms with E-state index < -0.39 is 0 Å². The Balaban J connectivity index is 1.97. The first-order valence-corrected chi connectivity index (χ1v) is 5.37. The molecule has 13 heavy (non-hydrogen) atoms. The number of aliphatic hydroxyl groups excluding tert-OH is 1. The SMILES string of the molecule is Cc1cnc(CC2CNCC2O)s1. The summed E-state index contributed by atoms with van der Waals surface area (Å²) in [5, 5.41) is 13.9. The molecule has 2 rings (SSSR count). The molecule has 72 valence electrons. The second-order valence-corrected chi connectivity index (χ2v) is 4.87. The predicted molar refractivity (Wildman–Crippen MR) is 52.9 cm³/mol. The normalized spacial score (nSPS) is 28.2. The minimum Gasteiger partial charge on any atom is -0.391 e. The lowest BCUT2D eigenvalue weighted by molar-refractivity contribution is 0.147. The fourth-order valence-corrected chi connectivity index (χ4v) is 2.53. The van der Waals surface area contributed by atoms with Crippen molar-refractivity contribution in [2.45, 2.75) is 19.4 Å². The van der Waals surface area contributed by atoms with E-state index in [1.54, 1.807) is 11.3 Å². The summed E-state index contributed by atoms with van der Waals surface area (Å²) in [5.41, 5.74) is 0. The highest BCUT2D eigenvalue weighted by Gasteiger charge is 2.25. The summed E-state index contributed by atoms with van der Waals surface area (Å²) in [6.45, 7) is 3.71. The molecule has 2 unspecified atom stereocenters. The van der Waals surface area contributed by atoms with Crippen molar-refractivity contribution in [1.29, 1.82) is 0 Å². The Morgan fingerprint density at radius 1 is 1.69 bits per heavy atom.